The molecule has 0 aliphatic carbocycles. The number of hydrogen-bond donors (Lipinski definition) is 1. The topological polar surface area (TPSA) is 94.2 Å². The molecule has 1 N–H and O–H groups in total. The maximum absolute atomic E-state index is 12.3. The molecule has 146 valence electrons. The van der Waals surface area contributed by atoms with Gasteiger partial charge in [0.25, 0.3) is 5.91 Å². The standard InChI is InChI=1S/C17H26N2O6S/c1-13(12-23-3)18-26(21,22)16-6-4-15(5-7-16)25-14(2)17(20)19-8-10-24-11-9-19/h4-7,13-14,18H,8-12H2,1-3H3/t13-,14+/m0/s1. The molecule has 0 unspecified atom stereocenters. The average molecular weight is 386 g/mol. The largest absolute Gasteiger partial charge is 0.481 e. The normalized spacial score (nSPS) is 17.6. The number of morpholine rings is 1. The minimum atomic E-state index is -3.64. The van der Waals surface area contributed by atoms with E-state index in [1.54, 1.807) is 30.9 Å². The van der Waals surface area contributed by atoms with Crippen LogP contribution in [0.1, 0.15) is 13.8 Å². The Morgan fingerprint density at radius 2 is 1.85 bits per heavy atom. The Kier molecular flexibility index (Phi) is 7.39. The average Bonchev–Trinajstić information content (AvgIpc) is 2.62. The monoisotopic (exact) mass is 386 g/mol. The van der Waals surface area contributed by atoms with Gasteiger partial charge in [0.05, 0.1) is 24.7 Å². The third kappa shape index (κ3) is 5.66. The van der Waals surface area contributed by atoms with Crippen LogP contribution >= 0.6 is 0 Å². The van der Waals surface area contributed by atoms with Gasteiger partial charge in [-0.1, -0.05) is 0 Å². The fraction of sp³-hybridized carbons (Fsp3) is 0.588. The molecule has 8 nitrogen and oxygen atoms in total. The molecule has 0 aromatic heterocycles. The lowest BCUT2D eigenvalue weighted by atomic mass is 10.3. The van der Waals surface area contributed by atoms with Crippen LogP contribution in [0.4, 0.5) is 0 Å². The van der Waals surface area contributed by atoms with Crippen molar-refractivity contribution in [2.45, 2.75) is 30.9 Å². The summed E-state index contributed by atoms with van der Waals surface area (Å²) in [6, 6.07) is 5.64. The third-order valence-electron chi connectivity index (χ3n) is 3.89. The molecule has 1 aromatic rings. The number of benzene rings is 1. The summed E-state index contributed by atoms with van der Waals surface area (Å²) in [7, 11) is -2.12. The zero-order valence-corrected chi connectivity index (χ0v) is 16.1. The predicted octanol–water partition coefficient (Wildman–Crippen LogP) is 0.626. The van der Waals surface area contributed by atoms with Crippen molar-refractivity contribution in [1.29, 1.82) is 0 Å². The van der Waals surface area contributed by atoms with E-state index in [9.17, 15) is 13.2 Å². The van der Waals surface area contributed by atoms with Crippen LogP contribution in [-0.4, -0.2) is 71.4 Å². The maximum Gasteiger partial charge on any atom is 0.263 e. The van der Waals surface area contributed by atoms with Crippen LogP contribution in [0, 0.1) is 0 Å². The predicted molar refractivity (Wildman–Crippen MR) is 95.6 cm³/mol. The molecule has 1 aliphatic rings. The molecule has 1 aliphatic heterocycles. The van der Waals surface area contributed by atoms with Gasteiger partial charge < -0.3 is 19.1 Å². The highest BCUT2D eigenvalue weighted by atomic mass is 32.2. The molecule has 0 saturated carbocycles. The number of nitrogens with zero attached hydrogens (tertiary/aromatic N) is 1. The minimum Gasteiger partial charge on any atom is -0.481 e. The highest BCUT2D eigenvalue weighted by molar-refractivity contribution is 7.89. The van der Waals surface area contributed by atoms with Crippen molar-refractivity contribution in [2.75, 3.05) is 40.0 Å². The van der Waals surface area contributed by atoms with Crippen molar-refractivity contribution in [2.24, 2.45) is 0 Å². The van der Waals surface area contributed by atoms with E-state index in [4.69, 9.17) is 14.2 Å². The zero-order valence-electron chi connectivity index (χ0n) is 15.3. The van der Waals surface area contributed by atoms with Gasteiger partial charge in [-0.2, -0.15) is 0 Å². The summed E-state index contributed by atoms with van der Waals surface area (Å²) >= 11 is 0. The molecule has 0 spiro atoms. The van der Waals surface area contributed by atoms with E-state index in [1.165, 1.54) is 19.2 Å². The molecule has 1 heterocycles. The molecule has 1 amide bonds. The van der Waals surface area contributed by atoms with Gasteiger partial charge in [-0.15, -0.1) is 0 Å². The van der Waals surface area contributed by atoms with Crippen LogP contribution in [0.25, 0.3) is 0 Å². The van der Waals surface area contributed by atoms with Crippen molar-refractivity contribution in [3.8, 4) is 5.75 Å². The van der Waals surface area contributed by atoms with Crippen LogP contribution < -0.4 is 9.46 Å². The number of nitrogens with one attached hydrogen (secondary N) is 1. The van der Waals surface area contributed by atoms with Crippen molar-refractivity contribution in [3.05, 3.63) is 24.3 Å². The van der Waals surface area contributed by atoms with Crippen molar-refractivity contribution < 1.29 is 27.4 Å². The minimum absolute atomic E-state index is 0.111. The molecule has 2 atom stereocenters. The summed E-state index contributed by atoms with van der Waals surface area (Å²) < 4.78 is 42.9. The third-order valence-corrected chi connectivity index (χ3v) is 5.50. The summed E-state index contributed by atoms with van der Waals surface area (Å²) in [5.74, 6) is 0.322. The number of amides is 1. The van der Waals surface area contributed by atoms with Gasteiger partial charge in [-0.3, -0.25) is 4.79 Å². The van der Waals surface area contributed by atoms with Gasteiger partial charge in [0, 0.05) is 26.2 Å². The molecule has 0 bridgehead atoms. The Bertz CT molecular complexity index is 686. The van der Waals surface area contributed by atoms with E-state index in [0.29, 0.717) is 32.1 Å². The second-order valence-electron chi connectivity index (χ2n) is 6.15. The van der Waals surface area contributed by atoms with Crippen LogP contribution in [0.5, 0.6) is 5.75 Å². The molecule has 2 rings (SSSR count). The summed E-state index contributed by atoms with van der Waals surface area (Å²) in [5, 5.41) is 0. The van der Waals surface area contributed by atoms with E-state index in [1.807, 2.05) is 0 Å². The highest BCUT2D eigenvalue weighted by Gasteiger charge is 2.24. The number of hydrogen-bond acceptors (Lipinski definition) is 6. The lowest BCUT2D eigenvalue weighted by molar-refractivity contribution is -0.142. The highest BCUT2D eigenvalue weighted by Crippen LogP contribution is 2.18. The first-order chi connectivity index (χ1) is 12.3. The number of carbonyl (C=O) groups is 1. The van der Waals surface area contributed by atoms with E-state index in [0.717, 1.165) is 0 Å². The van der Waals surface area contributed by atoms with Crippen LogP contribution in [-0.2, 0) is 24.3 Å². The summed E-state index contributed by atoms with van der Waals surface area (Å²) in [6.07, 6.45) is -0.657. The first-order valence-electron chi connectivity index (χ1n) is 8.48. The van der Waals surface area contributed by atoms with Gasteiger partial charge in [-0.25, -0.2) is 13.1 Å². The summed E-state index contributed by atoms with van der Waals surface area (Å²) in [5.41, 5.74) is 0. The molecule has 1 aromatic carbocycles. The number of carbonyl (C=O) groups excluding carboxylic acids is 1. The molecule has 0 radical (unpaired) electrons. The van der Waals surface area contributed by atoms with Gasteiger partial charge in [0.1, 0.15) is 5.75 Å². The van der Waals surface area contributed by atoms with Crippen LogP contribution in [0.15, 0.2) is 29.2 Å². The molecule has 1 fully saturated rings. The first kappa shape index (κ1) is 20.6. The Balaban J connectivity index is 1.97. The van der Waals surface area contributed by atoms with Gasteiger partial charge in [0.15, 0.2) is 6.10 Å². The number of sulfonamides is 1. The smallest absolute Gasteiger partial charge is 0.263 e. The van der Waals surface area contributed by atoms with Gasteiger partial charge >= 0.3 is 0 Å². The zero-order chi connectivity index (χ0) is 19.2. The summed E-state index contributed by atoms with van der Waals surface area (Å²) in [4.78, 5) is 14.2. The fourth-order valence-electron chi connectivity index (χ4n) is 2.61. The second-order valence-corrected chi connectivity index (χ2v) is 7.86. The van der Waals surface area contributed by atoms with E-state index >= 15 is 0 Å². The van der Waals surface area contributed by atoms with E-state index in [-0.39, 0.29) is 23.5 Å². The van der Waals surface area contributed by atoms with Gasteiger partial charge in [-0.05, 0) is 38.1 Å². The Morgan fingerprint density at radius 1 is 1.23 bits per heavy atom. The number of methoxy groups -OCH3 is 1. The SMILES string of the molecule is COC[C@H](C)NS(=O)(=O)c1ccc(O[C@H](C)C(=O)N2CCOCC2)cc1. The molecule has 26 heavy (non-hydrogen) atoms. The van der Waals surface area contributed by atoms with Crippen LogP contribution in [0.2, 0.25) is 0 Å². The number of rotatable bonds is 8. The maximum atomic E-state index is 12.3. The van der Waals surface area contributed by atoms with E-state index < -0.39 is 16.1 Å². The Hall–Kier alpha value is -1.68. The van der Waals surface area contributed by atoms with Crippen molar-refractivity contribution in [1.82, 2.24) is 9.62 Å². The van der Waals surface area contributed by atoms with Crippen LogP contribution in [0.3, 0.4) is 0 Å². The first-order valence-corrected chi connectivity index (χ1v) is 9.96. The quantitative estimate of drug-likeness (QED) is 0.704. The Morgan fingerprint density at radius 3 is 2.42 bits per heavy atom. The van der Waals surface area contributed by atoms with Crippen molar-refractivity contribution >= 4 is 15.9 Å². The Labute approximate surface area is 154 Å². The van der Waals surface area contributed by atoms with Crippen molar-refractivity contribution in [3.63, 3.8) is 0 Å². The molecular formula is C17H26N2O6S. The molecule has 1 saturated heterocycles. The fourth-order valence-corrected chi connectivity index (χ4v) is 3.84. The van der Waals surface area contributed by atoms with Gasteiger partial charge in [0.2, 0.25) is 10.0 Å². The second kappa shape index (κ2) is 9.31. The number of ether oxygens (including phenoxy) is 3. The molecular weight excluding hydrogens is 360 g/mol. The molecule has 9 heteroatoms. The van der Waals surface area contributed by atoms with E-state index in [2.05, 4.69) is 4.72 Å². The lowest BCUT2D eigenvalue weighted by Crippen LogP contribution is -2.46. The summed E-state index contributed by atoms with van der Waals surface area (Å²) in [6.45, 7) is 5.83. The lowest BCUT2D eigenvalue weighted by Gasteiger charge is -2.29.